The first-order chi connectivity index (χ1) is 13.9. The Bertz CT molecular complexity index is 943. The first kappa shape index (κ1) is 20.2. The molecule has 0 radical (unpaired) electrons. The first-order valence-corrected chi connectivity index (χ1v) is 9.04. The molecular formula is C21H22N2O6. The van der Waals surface area contributed by atoms with Gasteiger partial charge in [0, 0.05) is 12.5 Å². The smallest absolute Gasteiger partial charge is 0.337 e. The lowest BCUT2D eigenvalue weighted by Gasteiger charge is -2.27. The van der Waals surface area contributed by atoms with E-state index in [0.29, 0.717) is 28.4 Å². The molecule has 3 rings (SSSR count). The van der Waals surface area contributed by atoms with E-state index in [1.54, 1.807) is 35.2 Å². The lowest BCUT2D eigenvalue weighted by atomic mass is 10.1. The van der Waals surface area contributed by atoms with Crippen LogP contribution in [0.25, 0.3) is 0 Å². The molecule has 0 aromatic heterocycles. The number of ether oxygens (including phenoxy) is 3. The minimum Gasteiger partial charge on any atom is -0.493 e. The average Bonchev–Trinajstić information content (AvgIpc) is 2.85. The minimum absolute atomic E-state index is 0.152. The Morgan fingerprint density at radius 2 is 1.90 bits per heavy atom. The van der Waals surface area contributed by atoms with Crippen LogP contribution in [-0.4, -0.2) is 44.7 Å². The van der Waals surface area contributed by atoms with Crippen LogP contribution in [-0.2, 0) is 14.3 Å². The standard InChI is InChI=1S/C21H22N2O6/c1-13-10-19(24)22-15-6-4-5-7-16(15)23(13)20(25)12-29-17-9-8-14(21(26)28-3)11-18(17)27-2/h4-9,11,13H,10,12H2,1-3H3,(H,22,24)/t13-/m0/s1. The van der Waals surface area contributed by atoms with Crippen LogP contribution in [0.5, 0.6) is 11.5 Å². The highest BCUT2D eigenvalue weighted by Crippen LogP contribution is 2.32. The quantitative estimate of drug-likeness (QED) is 0.778. The summed E-state index contributed by atoms with van der Waals surface area (Å²) >= 11 is 0. The topological polar surface area (TPSA) is 94.2 Å². The summed E-state index contributed by atoms with van der Waals surface area (Å²) in [6.45, 7) is 1.55. The van der Waals surface area contributed by atoms with Gasteiger partial charge in [0.05, 0.1) is 31.2 Å². The van der Waals surface area contributed by atoms with Crippen LogP contribution in [0.15, 0.2) is 42.5 Å². The van der Waals surface area contributed by atoms with E-state index in [2.05, 4.69) is 10.1 Å². The maximum atomic E-state index is 13.0. The van der Waals surface area contributed by atoms with Crippen molar-refractivity contribution >= 4 is 29.2 Å². The minimum atomic E-state index is -0.502. The van der Waals surface area contributed by atoms with E-state index in [1.165, 1.54) is 26.4 Å². The molecule has 29 heavy (non-hydrogen) atoms. The molecule has 8 nitrogen and oxygen atoms in total. The monoisotopic (exact) mass is 398 g/mol. The number of nitrogens with one attached hydrogen (secondary N) is 1. The fraction of sp³-hybridized carbons (Fsp3) is 0.286. The number of para-hydroxylation sites is 2. The predicted molar refractivity (Wildman–Crippen MR) is 106 cm³/mol. The van der Waals surface area contributed by atoms with E-state index < -0.39 is 5.97 Å². The van der Waals surface area contributed by atoms with Gasteiger partial charge in [0.1, 0.15) is 0 Å². The molecular weight excluding hydrogens is 376 g/mol. The predicted octanol–water partition coefficient (Wildman–Crippen LogP) is 2.62. The van der Waals surface area contributed by atoms with Crippen LogP contribution >= 0.6 is 0 Å². The van der Waals surface area contributed by atoms with Gasteiger partial charge in [0.15, 0.2) is 18.1 Å². The van der Waals surface area contributed by atoms with Crippen molar-refractivity contribution in [2.75, 3.05) is 31.0 Å². The number of carbonyl (C=O) groups excluding carboxylic acids is 3. The Kier molecular flexibility index (Phi) is 6.01. The third-order valence-corrected chi connectivity index (χ3v) is 4.56. The van der Waals surface area contributed by atoms with Crippen LogP contribution in [0.3, 0.4) is 0 Å². The number of carbonyl (C=O) groups is 3. The molecule has 1 aliphatic heterocycles. The summed E-state index contributed by atoms with van der Waals surface area (Å²) in [5, 5.41) is 2.81. The zero-order valence-corrected chi connectivity index (χ0v) is 16.4. The number of methoxy groups -OCH3 is 2. The summed E-state index contributed by atoms with van der Waals surface area (Å²) in [7, 11) is 2.73. The zero-order chi connectivity index (χ0) is 21.0. The third-order valence-electron chi connectivity index (χ3n) is 4.56. The first-order valence-electron chi connectivity index (χ1n) is 9.04. The van der Waals surface area contributed by atoms with E-state index >= 15 is 0 Å². The Balaban J connectivity index is 1.80. The molecule has 0 unspecified atom stereocenters. The molecule has 0 saturated heterocycles. The number of fused-ring (bicyclic) bond motifs is 1. The van der Waals surface area contributed by atoms with Crippen molar-refractivity contribution in [2.24, 2.45) is 0 Å². The summed E-state index contributed by atoms with van der Waals surface area (Å²) < 4.78 is 15.6. The maximum Gasteiger partial charge on any atom is 0.337 e. The van der Waals surface area contributed by atoms with Crippen LogP contribution < -0.4 is 19.7 Å². The second-order valence-corrected chi connectivity index (χ2v) is 6.53. The molecule has 0 spiro atoms. The molecule has 1 atom stereocenters. The summed E-state index contributed by atoms with van der Waals surface area (Å²) in [6.07, 6.45) is 0.178. The lowest BCUT2D eigenvalue weighted by Crippen LogP contribution is -2.41. The van der Waals surface area contributed by atoms with Gasteiger partial charge in [0.2, 0.25) is 5.91 Å². The largest absolute Gasteiger partial charge is 0.493 e. The van der Waals surface area contributed by atoms with Crippen LogP contribution in [0.4, 0.5) is 11.4 Å². The van der Waals surface area contributed by atoms with Crippen molar-refractivity contribution in [3.8, 4) is 11.5 Å². The zero-order valence-electron chi connectivity index (χ0n) is 16.4. The van der Waals surface area contributed by atoms with Gasteiger partial charge >= 0.3 is 5.97 Å². The highest BCUT2D eigenvalue weighted by atomic mass is 16.5. The van der Waals surface area contributed by atoms with Crippen molar-refractivity contribution in [3.05, 3.63) is 48.0 Å². The average molecular weight is 398 g/mol. The van der Waals surface area contributed by atoms with E-state index in [9.17, 15) is 14.4 Å². The van der Waals surface area contributed by atoms with Crippen LogP contribution in [0.2, 0.25) is 0 Å². The molecule has 8 heteroatoms. The number of benzene rings is 2. The molecule has 1 N–H and O–H groups in total. The van der Waals surface area contributed by atoms with Crippen LogP contribution in [0.1, 0.15) is 23.7 Å². The Morgan fingerprint density at radius 1 is 1.14 bits per heavy atom. The molecule has 152 valence electrons. The number of esters is 1. The van der Waals surface area contributed by atoms with Gasteiger partial charge in [-0.05, 0) is 37.3 Å². The van der Waals surface area contributed by atoms with E-state index in [1.807, 2.05) is 6.92 Å². The fourth-order valence-electron chi connectivity index (χ4n) is 3.21. The van der Waals surface area contributed by atoms with E-state index in [0.717, 1.165) is 0 Å². The molecule has 2 aromatic rings. The number of nitrogens with zero attached hydrogens (tertiary/aromatic N) is 1. The van der Waals surface area contributed by atoms with E-state index in [-0.39, 0.29) is 30.9 Å². The molecule has 0 aliphatic carbocycles. The SMILES string of the molecule is COC(=O)c1ccc(OCC(=O)N2c3ccccc3NC(=O)C[C@@H]2C)c(OC)c1. The normalized spacial score (nSPS) is 15.6. The van der Waals surface area contributed by atoms with Crippen molar-refractivity contribution in [1.29, 1.82) is 0 Å². The van der Waals surface area contributed by atoms with Crippen molar-refractivity contribution in [2.45, 2.75) is 19.4 Å². The summed E-state index contributed by atoms with van der Waals surface area (Å²) in [4.78, 5) is 38.3. The van der Waals surface area contributed by atoms with Crippen molar-refractivity contribution in [3.63, 3.8) is 0 Å². The van der Waals surface area contributed by atoms with Gasteiger partial charge in [0.25, 0.3) is 5.91 Å². The summed E-state index contributed by atoms with van der Waals surface area (Å²) in [5.74, 6) is -0.333. The van der Waals surface area contributed by atoms with E-state index in [4.69, 9.17) is 9.47 Å². The third kappa shape index (κ3) is 4.31. The number of rotatable bonds is 5. The number of amides is 2. The Labute approximate surface area is 168 Å². The Morgan fingerprint density at radius 3 is 2.62 bits per heavy atom. The van der Waals surface area contributed by atoms with Gasteiger partial charge in [-0.3, -0.25) is 9.59 Å². The maximum absolute atomic E-state index is 13.0. The van der Waals surface area contributed by atoms with Gasteiger partial charge in [-0.1, -0.05) is 12.1 Å². The van der Waals surface area contributed by atoms with Crippen molar-refractivity contribution < 1.29 is 28.6 Å². The van der Waals surface area contributed by atoms with Crippen molar-refractivity contribution in [1.82, 2.24) is 0 Å². The highest BCUT2D eigenvalue weighted by molar-refractivity contribution is 6.04. The summed E-state index contributed by atoms with van der Waals surface area (Å²) in [6, 6.07) is 11.4. The van der Waals surface area contributed by atoms with Crippen LogP contribution in [0, 0.1) is 0 Å². The number of hydrogen-bond donors (Lipinski definition) is 1. The molecule has 0 saturated carbocycles. The van der Waals surface area contributed by atoms with Gasteiger partial charge in [-0.15, -0.1) is 0 Å². The molecule has 1 heterocycles. The molecule has 2 aromatic carbocycles. The second kappa shape index (κ2) is 8.64. The molecule has 2 amide bonds. The van der Waals surface area contributed by atoms with Gasteiger partial charge in [-0.25, -0.2) is 4.79 Å². The summed E-state index contributed by atoms with van der Waals surface area (Å²) in [5.41, 5.74) is 1.50. The number of hydrogen-bond acceptors (Lipinski definition) is 6. The fourth-order valence-corrected chi connectivity index (χ4v) is 3.21. The highest BCUT2D eigenvalue weighted by Gasteiger charge is 2.29. The second-order valence-electron chi connectivity index (χ2n) is 6.53. The van der Waals surface area contributed by atoms with Gasteiger partial charge in [-0.2, -0.15) is 0 Å². The van der Waals surface area contributed by atoms with Gasteiger partial charge < -0.3 is 24.4 Å². The number of anilines is 2. The molecule has 0 bridgehead atoms. The molecule has 0 fully saturated rings. The molecule has 1 aliphatic rings. The Hall–Kier alpha value is -3.55. The lowest BCUT2D eigenvalue weighted by molar-refractivity contribution is -0.121.